The fourth-order valence-corrected chi connectivity index (χ4v) is 4.41. The number of ether oxygens (including phenoxy) is 1. The fourth-order valence-electron chi connectivity index (χ4n) is 4.41. The van der Waals surface area contributed by atoms with Gasteiger partial charge in [0.05, 0.1) is 17.0 Å². The van der Waals surface area contributed by atoms with Crippen LogP contribution in [0.1, 0.15) is 44.9 Å². The highest BCUT2D eigenvalue weighted by Crippen LogP contribution is 2.48. The molecule has 2 aliphatic rings. The van der Waals surface area contributed by atoms with Crippen LogP contribution in [0.25, 0.3) is 10.9 Å². The minimum atomic E-state index is -0.717. The van der Waals surface area contributed by atoms with Crippen LogP contribution in [-0.4, -0.2) is 45.5 Å². The number of anilines is 1. The molecule has 1 amide bonds. The van der Waals surface area contributed by atoms with Crippen LogP contribution in [0, 0.1) is 18.8 Å². The molecule has 8 nitrogen and oxygen atoms in total. The maximum absolute atomic E-state index is 13.0. The topological polar surface area (TPSA) is 96.7 Å². The summed E-state index contributed by atoms with van der Waals surface area (Å²) in [6.45, 7) is 10.7. The van der Waals surface area contributed by atoms with Gasteiger partial charge in [-0.2, -0.15) is 0 Å². The second-order valence-corrected chi connectivity index (χ2v) is 9.68. The number of carbonyl (C=O) groups excluding carboxylic acids is 1. The Kier molecular flexibility index (Phi) is 4.80. The molecule has 30 heavy (non-hydrogen) atoms. The van der Waals surface area contributed by atoms with Gasteiger partial charge in [-0.1, -0.05) is 6.07 Å². The number of nitrogens with zero attached hydrogens (tertiary/aromatic N) is 3. The van der Waals surface area contributed by atoms with Crippen molar-refractivity contribution in [2.24, 2.45) is 18.9 Å². The van der Waals surface area contributed by atoms with E-state index in [1.54, 1.807) is 18.5 Å². The normalized spacial score (nSPS) is 24.0. The molecule has 3 atom stereocenters. The Bertz CT molecular complexity index is 1060. The number of hydrogen-bond donors (Lipinski definition) is 2. The summed E-state index contributed by atoms with van der Waals surface area (Å²) in [5.74, 6) is 1.08. The second kappa shape index (κ2) is 6.97. The third kappa shape index (κ3) is 3.64. The first-order valence-electron chi connectivity index (χ1n) is 10.4. The van der Waals surface area contributed by atoms with Gasteiger partial charge in [0.25, 0.3) is 5.56 Å². The van der Waals surface area contributed by atoms with Crippen LogP contribution in [0.15, 0.2) is 16.9 Å². The molecule has 1 saturated heterocycles. The first-order chi connectivity index (χ1) is 14.0. The standard InChI is InChI=1S/C22H30N4O4/c1-11-7-13(12(2)27)17-14(8-11)19(28)25(6)20(23-17)26-9-15-16(10-26)18(15)30-21(29)24-22(3,4)5/h7-8,12,15-16,18,27H,9-10H2,1-6H3,(H,24,29). The summed E-state index contributed by atoms with van der Waals surface area (Å²) in [7, 11) is 1.73. The molecule has 162 valence electrons. The average molecular weight is 415 g/mol. The molecule has 2 aromatic rings. The molecule has 4 rings (SSSR count). The molecule has 1 aromatic carbocycles. The number of aryl methyl sites for hydroxylation is 1. The largest absolute Gasteiger partial charge is 0.445 e. The Labute approximate surface area is 175 Å². The van der Waals surface area contributed by atoms with Crippen molar-refractivity contribution in [1.82, 2.24) is 14.9 Å². The van der Waals surface area contributed by atoms with Crippen LogP contribution in [0.3, 0.4) is 0 Å². The lowest BCUT2D eigenvalue weighted by atomic mass is 10.0. The minimum absolute atomic E-state index is 0.0863. The first-order valence-corrected chi connectivity index (χ1v) is 10.4. The van der Waals surface area contributed by atoms with E-state index in [1.165, 1.54) is 0 Å². The number of rotatable bonds is 3. The van der Waals surface area contributed by atoms with Gasteiger partial charge in [0, 0.05) is 43.1 Å². The number of fused-ring (bicyclic) bond motifs is 2. The van der Waals surface area contributed by atoms with E-state index in [-0.39, 0.29) is 35.1 Å². The molecule has 0 bridgehead atoms. The minimum Gasteiger partial charge on any atom is -0.445 e. The summed E-state index contributed by atoms with van der Waals surface area (Å²) >= 11 is 0. The number of hydrogen-bond acceptors (Lipinski definition) is 6. The number of nitrogens with one attached hydrogen (secondary N) is 1. The summed E-state index contributed by atoms with van der Waals surface area (Å²) in [5, 5.41) is 13.5. The molecule has 2 heterocycles. The van der Waals surface area contributed by atoms with Crippen molar-refractivity contribution in [2.75, 3.05) is 18.0 Å². The maximum Gasteiger partial charge on any atom is 0.407 e. The zero-order valence-electron chi connectivity index (χ0n) is 18.4. The molecule has 1 aliphatic heterocycles. The van der Waals surface area contributed by atoms with Gasteiger partial charge in [0.15, 0.2) is 0 Å². The molecule has 2 N–H and O–H groups in total. The fraction of sp³-hybridized carbons (Fsp3) is 0.591. The smallest absolute Gasteiger partial charge is 0.407 e. The number of alkyl carbamates (subject to hydrolysis) is 1. The van der Waals surface area contributed by atoms with E-state index < -0.39 is 6.10 Å². The van der Waals surface area contributed by atoms with E-state index in [0.717, 1.165) is 5.56 Å². The van der Waals surface area contributed by atoms with Crippen LogP contribution < -0.4 is 15.8 Å². The summed E-state index contributed by atoms with van der Waals surface area (Å²) in [4.78, 5) is 31.9. The van der Waals surface area contributed by atoms with Crippen LogP contribution >= 0.6 is 0 Å². The van der Waals surface area contributed by atoms with Gasteiger partial charge in [0.2, 0.25) is 5.95 Å². The Morgan fingerprint density at radius 2 is 1.93 bits per heavy atom. The highest BCUT2D eigenvalue weighted by molar-refractivity contribution is 5.83. The van der Waals surface area contributed by atoms with Gasteiger partial charge in [-0.3, -0.25) is 9.36 Å². The van der Waals surface area contributed by atoms with Gasteiger partial charge < -0.3 is 20.1 Å². The lowest BCUT2D eigenvalue weighted by Crippen LogP contribution is -2.42. The number of carbonyl (C=O) groups is 1. The van der Waals surface area contributed by atoms with Crippen LogP contribution in [-0.2, 0) is 11.8 Å². The van der Waals surface area contributed by atoms with Crippen LogP contribution in [0.2, 0.25) is 0 Å². The molecule has 1 saturated carbocycles. The van der Waals surface area contributed by atoms with Gasteiger partial charge in [0.1, 0.15) is 6.10 Å². The lowest BCUT2D eigenvalue weighted by Gasteiger charge is -2.25. The van der Waals surface area contributed by atoms with Crippen molar-refractivity contribution in [1.29, 1.82) is 0 Å². The van der Waals surface area contributed by atoms with E-state index in [0.29, 0.717) is 35.5 Å². The first kappa shape index (κ1) is 20.7. The van der Waals surface area contributed by atoms with E-state index in [9.17, 15) is 14.7 Å². The molecule has 0 radical (unpaired) electrons. The predicted molar refractivity (Wildman–Crippen MR) is 115 cm³/mol. The Hall–Kier alpha value is -2.61. The lowest BCUT2D eigenvalue weighted by molar-refractivity contribution is 0.119. The third-order valence-corrected chi connectivity index (χ3v) is 5.90. The third-order valence-electron chi connectivity index (χ3n) is 5.90. The van der Waals surface area contributed by atoms with Crippen molar-refractivity contribution < 1.29 is 14.6 Å². The number of piperidine rings is 1. The molecular formula is C22H30N4O4. The molecule has 0 spiro atoms. The Balaban J connectivity index is 1.56. The van der Waals surface area contributed by atoms with E-state index in [1.807, 2.05) is 39.8 Å². The van der Waals surface area contributed by atoms with Gasteiger partial charge in [-0.25, -0.2) is 9.78 Å². The molecule has 2 fully saturated rings. The predicted octanol–water partition coefficient (Wildman–Crippen LogP) is 2.25. The van der Waals surface area contributed by atoms with Crippen molar-refractivity contribution in [3.8, 4) is 0 Å². The maximum atomic E-state index is 13.0. The molecule has 1 aromatic heterocycles. The van der Waals surface area contributed by atoms with Crippen LogP contribution in [0.5, 0.6) is 0 Å². The monoisotopic (exact) mass is 414 g/mol. The summed E-state index contributed by atoms with van der Waals surface area (Å²) in [5.41, 5.74) is 1.67. The van der Waals surface area contributed by atoms with Crippen molar-refractivity contribution >= 4 is 22.9 Å². The van der Waals surface area contributed by atoms with E-state index in [4.69, 9.17) is 9.72 Å². The number of aromatic nitrogens is 2. The quantitative estimate of drug-likeness (QED) is 0.800. The highest BCUT2D eigenvalue weighted by atomic mass is 16.6. The zero-order chi connectivity index (χ0) is 22.0. The summed E-state index contributed by atoms with van der Waals surface area (Å²) in [6, 6.07) is 3.70. The number of aliphatic hydroxyl groups is 1. The van der Waals surface area contributed by atoms with Gasteiger partial charge >= 0.3 is 6.09 Å². The highest BCUT2D eigenvalue weighted by Gasteiger charge is 2.59. The second-order valence-electron chi connectivity index (χ2n) is 9.68. The molecule has 8 heteroatoms. The number of aliphatic hydroxyl groups excluding tert-OH is 1. The Morgan fingerprint density at radius 1 is 1.30 bits per heavy atom. The zero-order valence-corrected chi connectivity index (χ0v) is 18.4. The SMILES string of the molecule is Cc1cc(C(C)O)c2nc(N3CC4C(C3)C4OC(=O)NC(C)(C)C)n(C)c(=O)c2c1. The summed E-state index contributed by atoms with van der Waals surface area (Å²) < 4.78 is 7.15. The summed E-state index contributed by atoms with van der Waals surface area (Å²) in [6.07, 6.45) is -1.19. The van der Waals surface area contributed by atoms with Gasteiger partial charge in [-0.05, 0) is 46.2 Å². The molecule has 1 aliphatic carbocycles. The number of amides is 1. The van der Waals surface area contributed by atoms with Crippen LogP contribution in [0.4, 0.5) is 10.7 Å². The average Bonchev–Trinajstić information content (AvgIpc) is 3.06. The molecule has 3 unspecified atom stereocenters. The van der Waals surface area contributed by atoms with E-state index in [2.05, 4.69) is 10.2 Å². The van der Waals surface area contributed by atoms with Crippen molar-refractivity contribution in [3.63, 3.8) is 0 Å². The number of benzene rings is 1. The van der Waals surface area contributed by atoms with Crippen molar-refractivity contribution in [3.05, 3.63) is 33.6 Å². The van der Waals surface area contributed by atoms with Gasteiger partial charge in [-0.15, -0.1) is 0 Å². The van der Waals surface area contributed by atoms with Crippen molar-refractivity contribution in [2.45, 2.75) is 52.4 Å². The molecular weight excluding hydrogens is 384 g/mol. The Morgan fingerprint density at radius 3 is 2.50 bits per heavy atom. The van der Waals surface area contributed by atoms with E-state index >= 15 is 0 Å².